The molecule has 1 aromatic carbocycles. The van der Waals surface area contributed by atoms with Crippen LogP contribution in [-0.4, -0.2) is 12.5 Å². The van der Waals surface area contributed by atoms with E-state index >= 15 is 0 Å². The minimum atomic E-state index is 0.144. The van der Waals surface area contributed by atoms with Crippen LogP contribution in [0.25, 0.3) is 0 Å². The van der Waals surface area contributed by atoms with Crippen molar-refractivity contribution >= 4 is 11.6 Å². The summed E-state index contributed by atoms with van der Waals surface area (Å²) in [5.41, 5.74) is 3.78. The third-order valence-electron chi connectivity index (χ3n) is 3.05. The monoisotopic (exact) mass is 203 g/mol. The molecule has 2 rings (SSSR count). The van der Waals surface area contributed by atoms with Crippen molar-refractivity contribution in [2.24, 2.45) is 0 Å². The fourth-order valence-electron chi connectivity index (χ4n) is 2.11. The van der Waals surface area contributed by atoms with E-state index in [0.717, 1.165) is 18.7 Å². The summed E-state index contributed by atoms with van der Waals surface area (Å²) in [5.74, 6) is 0.702. The number of fused-ring (bicyclic) bond motifs is 1. The van der Waals surface area contributed by atoms with Gasteiger partial charge in [-0.05, 0) is 29.5 Å². The number of carbonyl (C=O) groups is 1. The molecule has 0 radical (unpaired) electrons. The second kappa shape index (κ2) is 3.69. The third kappa shape index (κ3) is 1.76. The van der Waals surface area contributed by atoms with E-state index < -0.39 is 0 Å². The van der Waals surface area contributed by atoms with Crippen molar-refractivity contribution in [2.45, 2.75) is 33.1 Å². The molecular formula is C13H17NO. The summed E-state index contributed by atoms with van der Waals surface area (Å²) in [6.07, 6.45) is 0.996. The number of nitrogens with zero attached hydrogens (tertiary/aromatic N) is 1. The Labute approximate surface area is 90.9 Å². The van der Waals surface area contributed by atoms with Gasteiger partial charge in [-0.15, -0.1) is 0 Å². The average Bonchev–Trinajstić information content (AvgIpc) is 2.59. The van der Waals surface area contributed by atoms with E-state index in [-0.39, 0.29) is 5.91 Å². The Morgan fingerprint density at radius 1 is 1.40 bits per heavy atom. The maximum Gasteiger partial charge on any atom is 0.223 e. The van der Waals surface area contributed by atoms with E-state index in [1.807, 2.05) is 4.90 Å². The highest BCUT2D eigenvalue weighted by atomic mass is 16.2. The number of carbonyl (C=O) groups excluding carboxylic acids is 1. The van der Waals surface area contributed by atoms with E-state index in [0.29, 0.717) is 5.92 Å². The number of benzene rings is 1. The van der Waals surface area contributed by atoms with Crippen LogP contribution in [0.3, 0.4) is 0 Å². The maximum absolute atomic E-state index is 11.4. The summed E-state index contributed by atoms with van der Waals surface area (Å²) in [6, 6.07) is 6.45. The van der Waals surface area contributed by atoms with Crippen LogP contribution < -0.4 is 4.90 Å². The van der Waals surface area contributed by atoms with E-state index in [9.17, 15) is 4.79 Å². The molecule has 0 N–H and O–H groups in total. The van der Waals surface area contributed by atoms with Crippen molar-refractivity contribution in [3.63, 3.8) is 0 Å². The fraction of sp³-hybridized carbons (Fsp3) is 0.462. The minimum Gasteiger partial charge on any atom is -0.312 e. The van der Waals surface area contributed by atoms with Gasteiger partial charge in [0.2, 0.25) is 5.91 Å². The smallest absolute Gasteiger partial charge is 0.223 e. The van der Waals surface area contributed by atoms with Crippen LogP contribution in [0.2, 0.25) is 0 Å². The van der Waals surface area contributed by atoms with Gasteiger partial charge in [0.1, 0.15) is 0 Å². The van der Waals surface area contributed by atoms with Crippen LogP contribution in [0, 0.1) is 0 Å². The van der Waals surface area contributed by atoms with Crippen LogP contribution in [-0.2, 0) is 11.2 Å². The highest BCUT2D eigenvalue weighted by Gasteiger charge is 2.22. The second-order valence-electron chi connectivity index (χ2n) is 4.46. The molecule has 1 aliphatic rings. The zero-order chi connectivity index (χ0) is 11.0. The lowest BCUT2D eigenvalue weighted by atomic mass is 10.00. The number of hydrogen-bond acceptors (Lipinski definition) is 1. The predicted molar refractivity (Wildman–Crippen MR) is 62.3 cm³/mol. The van der Waals surface area contributed by atoms with Crippen molar-refractivity contribution in [2.75, 3.05) is 11.4 Å². The fourth-order valence-corrected chi connectivity index (χ4v) is 2.11. The number of amides is 1. The zero-order valence-corrected chi connectivity index (χ0v) is 9.58. The largest absolute Gasteiger partial charge is 0.312 e. The first-order valence-corrected chi connectivity index (χ1v) is 5.50. The normalized spacial score (nSPS) is 14.5. The summed E-state index contributed by atoms with van der Waals surface area (Å²) in [6.45, 7) is 6.86. The zero-order valence-electron chi connectivity index (χ0n) is 9.58. The Hall–Kier alpha value is -1.31. The molecule has 0 aliphatic carbocycles. The Balaban J connectivity index is 2.37. The van der Waals surface area contributed by atoms with Crippen LogP contribution >= 0.6 is 0 Å². The van der Waals surface area contributed by atoms with Gasteiger partial charge in [0.25, 0.3) is 0 Å². The molecule has 2 heteroatoms. The highest BCUT2D eigenvalue weighted by molar-refractivity contribution is 5.93. The predicted octanol–water partition coefficient (Wildman–Crippen LogP) is 2.72. The molecular weight excluding hydrogens is 186 g/mol. The van der Waals surface area contributed by atoms with Gasteiger partial charge in [0.15, 0.2) is 0 Å². The number of rotatable bonds is 1. The van der Waals surface area contributed by atoms with Gasteiger partial charge in [-0.25, -0.2) is 0 Å². The SMILES string of the molecule is CC(=O)N1CCc2cc(C(C)C)ccc21. The first-order chi connectivity index (χ1) is 7.09. The van der Waals surface area contributed by atoms with Crippen molar-refractivity contribution in [3.8, 4) is 0 Å². The van der Waals surface area contributed by atoms with Gasteiger partial charge in [-0.3, -0.25) is 4.79 Å². The molecule has 0 saturated heterocycles. The molecule has 0 spiro atoms. The first kappa shape index (κ1) is 10.2. The van der Waals surface area contributed by atoms with E-state index in [1.165, 1.54) is 11.1 Å². The van der Waals surface area contributed by atoms with Crippen LogP contribution in [0.4, 0.5) is 5.69 Å². The first-order valence-electron chi connectivity index (χ1n) is 5.50. The molecule has 1 heterocycles. The van der Waals surface area contributed by atoms with Crippen molar-refractivity contribution in [1.82, 2.24) is 0 Å². The van der Waals surface area contributed by atoms with Gasteiger partial charge in [-0.1, -0.05) is 26.0 Å². The lowest BCUT2D eigenvalue weighted by molar-refractivity contribution is -0.116. The Morgan fingerprint density at radius 3 is 2.73 bits per heavy atom. The second-order valence-corrected chi connectivity index (χ2v) is 4.46. The maximum atomic E-state index is 11.4. The molecule has 0 aromatic heterocycles. The van der Waals surface area contributed by atoms with Gasteiger partial charge in [-0.2, -0.15) is 0 Å². The molecule has 0 atom stereocenters. The molecule has 1 aromatic rings. The van der Waals surface area contributed by atoms with Gasteiger partial charge in [0, 0.05) is 19.2 Å². The molecule has 80 valence electrons. The van der Waals surface area contributed by atoms with Crippen LogP contribution in [0.15, 0.2) is 18.2 Å². The molecule has 0 bridgehead atoms. The molecule has 0 unspecified atom stereocenters. The van der Waals surface area contributed by atoms with Gasteiger partial charge in [0.05, 0.1) is 0 Å². The van der Waals surface area contributed by atoms with Crippen molar-refractivity contribution in [3.05, 3.63) is 29.3 Å². The average molecular weight is 203 g/mol. The number of hydrogen-bond donors (Lipinski definition) is 0. The van der Waals surface area contributed by atoms with Gasteiger partial charge < -0.3 is 4.90 Å². The standard InChI is InChI=1S/C13H17NO/c1-9(2)11-4-5-13-12(8-11)6-7-14(13)10(3)15/h4-5,8-9H,6-7H2,1-3H3. The van der Waals surface area contributed by atoms with Crippen LogP contribution in [0.5, 0.6) is 0 Å². The van der Waals surface area contributed by atoms with Gasteiger partial charge >= 0.3 is 0 Å². The Morgan fingerprint density at radius 2 is 2.13 bits per heavy atom. The Kier molecular flexibility index (Phi) is 2.51. The van der Waals surface area contributed by atoms with Crippen molar-refractivity contribution < 1.29 is 4.79 Å². The summed E-state index contributed by atoms with van der Waals surface area (Å²) in [5, 5.41) is 0. The van der Waals surface area contributed by atoms with Crippen LogP contribution in [0.1, 0.15) is 37.8 Å². The van der Waals surface area contributed by atoms with E-state index in [4.69, 9.17) is 0 Å². The molecule has 1 aliphatic heterocycles. The molecule has 1 amide bonds. The summed E-state index contributed by atoms with van der Waals surface area (Å²) in [7, 11) is 0. The topological polar surface area (TPSA) is 20.3 Å². The summed E-state index contributed by atoms with van der Waals surface area (Å²) in [4.78, 5) is 13.2. The molecule has 0 fully saturated rings. The Bertz CT molecular complexity index is 396. The summed E-state index contributed by atoms with van der Waals surface area (Å²) < 4.78 is 0. The quantitative estimate of drug-likeness (QED) is 0.687. The van der Waals surface area contributed by atoms with E-state index in [2.05, 4.69) is 32.0 Å². The molecule has 2 nitrogen and oxygen atoms in total. The highest BCUT2D eigenvalue weighted by Crippen LogP contribution is 2.30. The lowest BCUT2D eigenvalue weighted by Crippen LogP contribution is -2.25. The molecule has 0 saturated carbocycles. The third-order valence-corrected chi connectivity index (χ3v) is 3.05. The lowest BCUT2D eigenvalue weighted by Gasteiger charge is -2.15. The minimum absolute atomic E-state index is 0.144. The summed E-state index contributed by atoms with van der Waals surface area (Å²) >= 11 is 0. The number of anilines is 1. The molecule has 15 heavy (non-hydrogen) atoms. The van der Waals surface area contributed by atoms with Crippen molar-refractivity contribution in [1.29, 1.82) is 0 Å². The van der Waals surface area contributed by atoms with E-state index in [1.54, 1.807) is 6.92 Å².